The van der Waals surface area contributed by atoms with E-state index >= 15 is 0 Å². The van der Waals surface area contributed by atoms with E-state index in [2.05, 4.69) is 4.98 Å². The van der Waals surface area contributed by atoms with Gasteiger partial charge in [-0.05, 0) is 38.9 Å². The predicted octanol–water partition coefficient (Wildman–Crippen LogP) is 1.98. The predicted molar refractivity (Wildman–Crippen MR) is 84.4 cm³/mol. The molecule has 2 N–H and O–H groups in total. The van der Waals surface area contributed by atoms with Gasteiger partial charge in [0.2, 0.25) is 10.0 Å². The van der Waals surface area contributed by atoms with Crippen molar-refractivity contribution in [1.29, 1.82) is 0 Å². The number of rotatable bonds is 6. The molecule has 0 fully saturated rings. The Balaban J connectivity index is 2.54. The Morgan fingerprint density at radius 1 is 1.29 bits per heavy atom. The molecule has 0 aliphatic carbocycles. The third kappa shape index (κ3) is 3.23. The van der Waals surface area contributed by atoms with Gasteiger partial charge in [-0.25, -0.2) is 8.42 Å². The summed E-state index contributed by atoms with van der Waals surface area (Å²) in [6, 6.07) is 6.89. The van der Waals surface area contributed by atoms with Gasteiger partial charge in [0.15, 0.2) is 0 Å². The van der Waals surface area contributed by atoms with Crippen LogP contribution in [-0.2, 0) is 10.0 Å². The summed E-state index contributed by atoms with van der Waals surface area (Å²) in [4.78, 5) is 4.37. The molecule has 0 saturated carbocycles. The Morgan fingerprint density at radius 2 is 2.05 bits per heavy atom. The minimum atomic E-state index is -3.55. The molecule has 2 aromatic rings. The minimum absolute atomic E-state index is 0.112. The number of hydrogen-bond acceptors (Lipinski definition) is 4. The van der Waals surface area contributed by atoms with E-state index in [4.69, 9.17) is 5.73 Å². The van der Waals surface area contributed by atoms with E-state index < -0.39 is 10.0 Å². The van der Waals surface area contributed by atoms with E-state index in [0.717, 1.165) is 5.39 Å². The Kier molecular flexibility index (Phi) is 4.92. The minimum Gasteiger partial charge on any atom is -0.330 e. The number of hydrogen-bond donors (Lipinski definition) is 1. The first-order chi connectivity index (χ1) is 9.98. The molecule has 0 radical (unpaired) electrons. The summed E-state index contributed by atoms with van der Waals surface area (Å²) in [5.74, 6) is 0. The van der Waals surface area contributed by atoms with Crippen molar-refractivity contribution in [1.82, 2.24) is 9.29 Å². The Labute approximate surface area is 125 Å². The molecule has 1 aromatic heterocycles. The van der Waals surface area contributed by atoms with E-state index in [1.807, 2.05) is 19.9 Å². The lowest BCUT2D eigenvalue weighted by Crippen LogP contribution is -2.38. The molecule has 0 aliphatic rings. The summed E-state index contributed by atoms with van der Waals surface area (Å²) >= 11 is 0. The van der Waals surface area contributed by atoms with Crippen LogP contribution in [0.25, 0.3) is 10.8 Å². The van der Waals surface area contributed by atoms with Crippen LogP contribution in [0.15, 0.2) is 41.6 Å². The van der Waals surface area contributed by atoms with Gasteiger partial charge >= 0.3 is 0 Å². The molecule has 2 rings (SSSR count). The topological polar surface area (TPSA) is 76.3 Å². The molecule has 0 saturated heterocycles. The Morgan fingerprint density at radius 3 is 2.71 bits per heavy atom. The first kappa shape index (κ1) is 15.9. The van der Waals surface area contributed by atoms with Crippen molar-refractivity contribution in [3.8, 4) is 0 Å². The first-order valence-electron chi connectivity index (χ1n) is 7.03. The van der Waals surface area contributed by atoms with E-state index in [0.29, 0.717) is 29.8 Å². The second-order valence-electron chi connectivity index (χ2n) is 5.20. The molecule has 0 amide bonds. The quantitative estimate of drug-likeness (QED) is 0.885. The summed E-state index contributed by atoms with van der Waals surface area (Å²) in [6.07, 6.45) is 3.93. The molecular weight excluding hydrogens is 286 g/mol. The lowest BCUT2D eigenvalue weighted by atomic mass is 10.2. The number of pyridine rings is 1. The molecule has 0 bridgehead atoms. The summed E-state index contributed by atoms with van der Waals surface area (Å²) in [5.41, 5.74) is 5.52. The smallest absolute Gasteiger partial charge is 0.243 e. The van der Waals surface area contributed by atoms with Crippen molar-refractivity contribution in [3.05, 3.63) is 36.7 Å². The highest BCUT2D eigenvalue weighted by atomic mass is 32.2. The highest BCUT2D eigenvalue weighted by Crippen LogP contribution is 2.26. The van der Waals surface area contributed by atoms with Crippen LogP contribution >= 0.6 is 0 Å². The highest BCUT2D eigenvalue weighted by molar-refractivity contribution is 7.89. The summed E-state index contributed by atoms with van der Waals surface area (Å²) in [5, 5.41) is 1.52. The fourth-order valence-electron chi connectivity index (χ4n) is 2.35. The third-order valence-electron chi connectivity index (χ3n) is 3.39. The molecule has 1 aromatic carbocycles. The van der Waals surface area contributed by atoms with E-state index in [-0.39, 0.29) is 6.04 Å². The van der Waals surface area contributed by atoms with E-state index in [1.54, 1.807) is 30.6 Å². The second kappa shape index (κ2) is 6.51. The van der Waals surface area contributed by atoms with Crippen LogP contribution in [0.1, 0.15) is 20.3 Å². The highest BCUT2D eigenvalue weighted by Gasteiger charge is 2.27. The summed E-state index contributed by atoms with van der Waals surface area (Å²) < 4.78 is 27.4. The van der Waals surface area contributed by atoms with E-state index in [9.17, 15) is 8.42 Å². The van der Waals surface area contributed by atoms with Crippen LogP contribution in [0.3, 0.4) is 0 Å². The van der Waals surface area contributed by atoms with Gasteiger partial charge < -0.3 is 5.73 Å². The van der Waals surface area contributed by atoms with Crippen molar-refractivity contribution < 1.29 is 8.42 Å². The molecule has 6 heteroatoms. The van der Waals surface area contributed by atoms with Gasteiger partial charge in [0.1, 0.15) is 0 Å². The van der Waals surface area contributed by atoms with Crippen LogP contribution < -0.4 is 5.73 Å². The van der Waals surface area contributed by atoms with Gasteiger partial charge in [-0.2, -0.15) is 4.31 Å². The van der Waals surface area contributed by atoms with Gasteiger partial charge in [0.05, 0.1) is 4.90 Å². The van der Waals surface area contributed by atoms with Gasteiger partial charge in [-0.15, -0.1) is 0 Å². The largest absolute Gasteiger partial charge is 0.330 e. The average molecular weight is 307 g/mol. The molecule has 114 valence electrons. The van der Waals surface area contributed by atoms with Gasteiger partial charge in [-0.1, -0.05) is 12.1 Å². The number of fused-ring (bicyclic) bond motifs is 1. The fraction of sp³-hybridized carbons (Fsp3) is 0.400. The molecule has 21 heavy (non-hydrogen) atoms. The Bertz CT molecular complexity index is 708. The van der Waals surface area contributed by atoms with Gasteiger partial charge in [0.25, 0.3) is 0 Å². The van der Waals surface area contributed by atoms with Crippen LogP contribution in [0.4, 0.5) is 0 Å². The number of nitrogens with zero attached hydrogens (tertiary/aromatic N) is 2. The van der Waals surface area contributed by atoms with Crippen LogP contribution in [0.2, 0.25) is 0 Å². The number of sulfonamides is 1. The molecule has 1 heterocycles. The fourth-order valence-corrected chi connectivity index (χ4v) is 4.24. The maximum Gasteiger partial charge on any atom is 0.243 e. The van der Waals surface area contributed by atoms with Crippen molar-refractivity contribution in [3.63, 3.8) is 0 Å². The molecule has 0 spiro atoms. The average Bonchev–Trinajstić information content (AvgIpc) is 2.46. The standard InChI is InChI=1S/C15H21N3O2S/c1-12(2)18(10-4-8-16)21(19,20)15-6-3-5-13-11-17-9-7-14(13)15/h3,5-7,9,11-12H,4,8,10,16H2,1-2H3. The van der Waals surface area contributed by atoms with Crippen LogP contribution in [0.5, 0.6) is 0 Å². The van der Waals surface area contributed by atoms with Crippen LogP contribution in [-0.4, -0.2) is 36.8 Å². The molecular formula is C15H21N3O2S. The van der Waals surface area contributed by atoms with Crippen molar-refractivity contribution in [2.24, 2.45) is 5.73 Å². The van der Waals surface area contributed by atoms with Crippen molar-refractivity contribution in [2.45, 2.75) is 31.2 Å². The second-order valence-corrected chi connectivity index (χ2v) is 7.06. The maximum atomic E-state index is 13.0. The number of nitrogens with two attached hydrogens (primary N) is 1. The van der Waals surface area contributed by atoms with Gasteiger partial charge in [0, 0.05) is 35.8 Å². The van der Waals surface area contributed by atoms with Crippen molar-refractivity contribution in [2.75, 3.05) is 13.1 Å². The monoisotopic (exact) mass is 307 g/mol. The van der Waals surface area contributed by atoms with Crippen LogP contribution in [0, 0.1) is 0 Å². The lowest BCUT2D eigenvalue weighted by molar-refractivity contribution is 0.351. The van der Waals surface area contributed by atoms with Crippen molar-refractivity contribution >= 4 is 20.8 Å². The SMILES string of the molecule is CC(C)N(CCCN)S(=O)(=O)c1cccc2cnccc12. The third-order valence-corrected chi connectivity index (χ3v) is 5.52. The normalized spacial score (nSPS) is 12.4. The molecule has 5 nitrogen and oxygen atoms in total. The van der Waals surface area contributed by atoms with Gasteiger partial charge in [-0.3, -0.25) is 4.98 Å². The zero-order chi connectivity index (χ0) is 15.5. The summed E-state index contributed by atoms with van der Waals surface area (Å²) in [7, 11) is -3.55. The lowest BCUT2D eigenvalue weighted by Gasteiger charge is -2.26. The molecule has 0 unspecified atom stereocenters. The zero-order valence-electron chi connectivity index (χ0n) is 12.4. The zero-order valence-corrected chi connectivity index (χ0v) is 13.2. The number of benzene rings is 1. The molecule has 0 aliphatic heterocycles. The number of aromatic nitrogens is 1. The Hall–Kier alpha value is -1.50. The summed E-state index contributed by atoms with van der Waals surface area (Å²) in [6.45, 7) is 4.65. The maximum absolute atomic E-state index is 13.0. The van der Waals surface area contributed by atoms with E-state index in [1.165, 1.54) is 4.31 Å². The first-order valence-corrected chi connectivity index (χ1v) is 8.47. The molecule has 0 atom stereocenters.